The molecule has 0 fully saturated rings. The lowest BCUT2D eigenvalue weighted by Gasteiger charge is -2.05. The highest BCUT2D eigenvalue weighted by Gasteiger charge is 2.06. The molecule has 0 atom stereocenters. The molecule has 24 heavy (non-hydrogen) atoms. The van der Waals surface area contributed by atoms with Crippen LogP contribution in [-0.2, 0) is 0 Å². The predicted octanol–water partition coefficient (Wildman–Crippen LogP) is 4.84. The topological polar surface area (TPSA) is 24.7 Å². The fraction of sp³-hybridized carbons (Fsp3) is 0. The maximum Gasteiger partial charge on any atom is 0.134 e. The van der Waals surface area contributed by atoms with Crippen LogP contribution in [0.2, 0.25) is 0 Å². The highest BCUT2D eigenvalue weighted by molar-refractivity contribution is 6.12. The molecule has 118 valence electrons. The van der Waals surface area contributed by atoms with Gasteiger partial charge in [-0.25, -0.2) is 8.78 Å². The second kappa shape index (κ2) is 7.42. The second-order valence-corrected chi connectivity index (χ2v) is 5.09. The average Bonchev–Trinajstić information content (AvgIpc) is 2.62. The zero-order valence-electron chi connectivity index (χ0n) is 12.7. The molecule has 0 unspecified atom stereocenters. The first-order valence-corrected chi connectivity index (χ1v) is 7.41. The standard InChI is InChI=1S/C20H14F2N2/c21-18-12-11-17(19(22)13-18)14-23-24-20(15-7-3-1-4-8-15)16-9-5-2-6-10-16/h1-14H/b23-14-. The summed E-state index contributed by atoms with van der Waals surface area (Å²) in [6, 6.07) is 22.5. The molecule has 0 aliphatic rings. The first kappa shape index (κ1) is 15.7. The Morgan fingerprint density at radius 3 is 1.88 bits per heavy atom. The number of hydrogen-bond acceptors (Lipinski definition) is 2. The lowest BCUT2D eigenvalue weighted by molar-refractivity contribution is 0.582. The normalized spacial score (nSPS) is 10.8. The Bertz CT molecular complexity index is 831. The van der Waals surface area contributed by atoms with Crippen LogP contribution < -0.4 is 0 Å². The third-order valence-electron chi connectivity index (χ3n) is 3.41. The van der Waals surface area contributed by atoms with Gasteiger partial charge in [-0.1, -0.05) is 60.7 Å². The van der Waals surface area contributed by atoms with Crippen molar-refractivity contribution in [3.8, 4) is 0 Å². The molecule has 0 spiro atoms. The van der Waals surface area contributed by atoms with Gasteiger partial charge in [-0.05, 0) is 12.1 Å². The first-order chi connectivity index (χ1) is 11.7. The van der Waals surface area contributed by atoms with Gasteiger partial charge in [0.2, 0.25) is 0 Å². The van der Waals surface area contributed by atoms with E-state index < -0.39 is 11.6 Å². The van der Waals surface area contributed by atoms with Gasteiger partial charge in [0.05, 0.1) is 6.21 Å². The Hall–Kier alpha value is -3.14. The van der Waals surface area contributed by atoms with Crippen LogP contribution in [0.1, 0.15) is 16.7 Å². The van der Waals surface area contributed by atoms with Gasteiger partial charge in [0.15, 0.2) is 0 Å². The molecule has 3 aromatic carbocycles. The van der Waals surface area contributed by atoms with Gasteiger partial charge >= 0.3 is 0 Å². The van der Waals surface area contributed by atoms with E-state index in [1.807, 2.05) is 60.7 Å². The Morgan fingerprint density at radius 1 is 0.750 bits per heavy atom. The molecular weight excluding hydrogens is 306 g/mol. The lowest BCUT2D eigenvalue weighted by Crippen LogP contribution is -2.02. The van der Waals surface area contributed by atoms with Crippen molar-refractivity contribution in [2.75, 3.05) is 0 Å². The zero-order chi connectivity index (χ0) is 16.8. The zero-order valence-corrected chi connectivity index (χ0v) is 12.7. The average molecular weight is 320 g/mol. The van der Waals surface area contributed by atoms with Crippen LogP contribution in [0.25, 0.3) is 0 Å². The fourth-order valence-corrected chi connectivity index (χ4v) is 2.23. The van der Waals surface area contributed by atoms with Crippen molar-refractivity contribution in [1.82, 2.24) is 0 Å². The van der Waals surface area contributed by atoms with E-state index >= 15 is 0 Å². The van der Waals surface area contributed by atoms with Gasteiger partial charge in [0, 0.05) is 22.8 Å². The van der Waals surface area contributed by atoms with Crippen LogP contribution in [0.15, 0.2) is 89.1 Å². The van der Waals surface area contributed by atoms with Gasteiger partial charge in [-0.15, -0.1) is 5.10 Å². The van der Waals surface area contributed by atoms with Crippen molar-refractivity contribution in [1.29, 1.82) is 0 Å². The van der Waals surface area contributed by atoms with Crippen molar-refractivity contribution >= 4 is 11.9 Å². The van der Waals surface area contributed by atoms with Crippen LogP contribution in [0, 0.1) is 11.6 Å². The Balaban J connectivity index is 1.97. The predicted molar refractivity (Wildman–Crippen MR) is 92.5 cm³/mol. The van der Waals surface area contributed by atoms with E-state index in [0.29, 0.717) is 5.71 Å². The molecule has 0 amide bonds. The fourth-order valence-electron chi connectivity index (χ4n) is 2.23. The number of nitrogens with zero attached hydrogens (tertiary/aromatic N) is 2. The van der Waals surface area contributed by atoms with Crippen LogP contribution in [0.4, 0.5) is 8.78 Å². The van der Waals surface area contributed by atoms with E-state index in [2.05, 4.69) is 10.2 Å². The van der Waals surface area contributed by atoms with Crippen molar-refractivity contribution in [2.24, 2.45) is 10.2 Å². The molecule has 0 N–H and O–H groups in total. The van der Waals surface area contributed by atoms with Crippen LogP contribution >= 0.6 is 0 Å². The Labute approximate surface area is 138 Å². The molecule has 3 aromatic rings. The number of halogens is 2. The smallest absolute Gasteiger partial charge is 0.134 e. The first-order valence-electron chi connectivity index (χ1n) is 7.41. The van der Waals surface area contributed by atoms with E-state index in [1.165, 1.54) is 18.3 Å². The summed E-state index contributed by atoms with van der Waals surface area (Å²) < 4.78 is 26.6. The van der Waals surface area contributed by atoms with Crippen molar-refractivity contribution in [3.05, 3.63) is 107 Å². The third-order valence-corrected chi connectivity index (χ3v) is 3.41. The summed E-state index contributed by atoms with van der Waals surface area (Å²) in [7, 11) is 0. The summed E-state index contributed by atoms with van der Waals surface area (Å²) in [6.07, 6.45) is 1.28. The minimum absolute atomic E-state index is 0.181. The van der Waals surface area contributed by atoms with Crippen molar-refractivity contribution in [3.63, 3.8) is 0 Å². The van der Waals surface area contributed by atoms with Gasteiger partial charge in [-0.3, -0.25) is 0 Å². The second-order valence-electron chi connectivity index (χ2n) is 5.09. The summed E-state index contributed by atoms with van der Waals surface area (Å²) in [5.41, 5.74) is 2.66. The molecule has 0 bridgehead atoms. The Morgan fingerprint density at radius 2 is 1.33 bits per heavy atom. The highest BCUT2D eigenvalue weighted by atomic mass is 19.1. The maximum absolute atomic E-state index is 13.6. The van der Waals surface area contributed by atoms with Gasteiger partial charge in [-0.2, -0.15) is 5.10 Å². The molecule has 0 aliphatic heterocycles. The van der Waals surface area contributed by atoms with E-state index in [9.17, 15) is 8.78 Å². The summed E-state index contributed by atoms with van der Waals surface area (Å²) in [4.78, 5) is 0. The van der Waals surface area contributed by atoms with E-state index in [1.54, 1.807) is 0 Å². The number of rotatable bonds is 4. The summed E-state index contributed by atoms with van der Waals surface area (Å²) in [5, 5.41) is 8.23. The van der Waals surface area contributed by atoms with Gasteiger partial charge in [0.25, 0.3) is 0 Å². The highest BCUT2D eigenvalue weighted by Crippen LogP contribution is 2.12. The Kier molecular flexibility index (Phi) is 4.87. The minimum atomic E-state index is -0.671. The van der Waals surface area contributed by atoms with Gasteiger partial charge < -0.3 is 0 Å². The monoisotopic (exact) mass is 320 g/mol. The number of hydrogen-bond donors (Lipinski definition) is 0. The molecule has 4 heteroatoms. The third kappa shape index (κ3) is 3.79. The van der Waals surface area contributed by atoms with Crippen LogP contribution in [0.3, 0.4) is 0 Å². The van der Waals surface area contributed by atoms with Gasteiger partial charge in [0.1, 0.15) is 17.3 Å². The molecule has 0 radical (unpaired) electrons. The molecule has 0 aliphatic carbocycles. The summed E-state index contributed by atoms with van der Waals surface area (Å²) in [5.74, 6) is -1.29. The molecule has 0 aromatic heterocycles. The van der Waals surface area contributed by atoms with E-state index in [-0.39, 0.29) is 5.56 Å². The van der Waals surface area contributed by atoms with E-state index in [4.69, 9.17) is 0 Å². The molecule has 3 rings (SSSR count). The van der Waals surface area contributed by atoms with Crippen molar-refractivity contribution in [2.45, 2.75) is 0 Å². The molecule has 0 saturated carbocycles. The SMILES string of the molecule is Fc1ccc(/C=N\N=C(c2ccccc2)c2ccccc2)c(F)c1. The summed E-state index contributed by atoms with van der Waals surface area (Å²) in [6.45, 7) is 0. The van der Waals surface area contributed by atoms with E-state index in [0.717, 1.165) is 17.2 Å². The molecule has 0 heterocycles. The largest absolute Gasteiger partial charge is 0.207 e. The molecule has 2 nitrogen and oxygen atoms in total. The maximum atomic E-state index is 13.6. The number of benzene rings is 3. The molecule has 0 saturated heterocycles. The lowest BCUT2D eigenvalue weighted by atomic mass is 10.0. The van der Waals surface area contributed by atoms with Crippen molar-refractivity contribution < 1.29 is 8.78 Å². The minimum Gasteiger partial charge on any atom is -0.207 e. The summed E-state index contributed by atoms with van der Waals surface area (Å²) >= 11 is 0. The van der Waals surface area contributed by atoms with Crippen LogP contribution in [0.5, 0.6) is 0 Å². The van der Waals surface area contributed by atoms with Crippen LogP contribution in [-0.4, -0.2) is 11.9 Å². The molecular formula is C20H14F2N2. The quantitative estimate of drug-likeness (QED) is 0.485.